The van der Waals surface area contributed by atoms with Crippen LogP contribution >= 0.6 is 11.6 Å². The Balaban J connectivity index is 2.24. The van der Waals surface area contributed by atoms with Crippen LogP contribution in [0.15, 0.2) is 48.5 Å². The van der Waals surface area contributed by atoms with E-state index in [-0.39, 0.29) is 0 Å². The van der Waals surface area contributed by atoms with Crippen molar-refractivity contribution in [1.29, 1.82) is 0 Å². The first-order valence-electron chi connectivity index (χ1n) is 5.49. The molecule has 0 saturated heterocycles. The fourth-order valence-electron chi connectivity index (χ4n) is 1.69. The SMILES string of the molecule is CC[CH]c1ccc(-c2ccc(Cl)cc2)cc1. The minimum Gasteiger partial charge on any atom is -0.0843 e. The van der Waals surface area contributed by atoms with Gasteiger partial charge in [0.05, 0.1) is 0 Å². The summed E-state index contributed by atoms with van der Waals surface area (Å²) in [7, 11) is 0. The molecular weight excluding hydrogens is 216 g/mol. The number of hydrogen-bond acceptors (Lipinski definition) is 0. The molecule has 0 atom stereocenters. The van der Waals surface area contributed by atoms with Gasteiger partial charge < -0.3 is 0 Å². The average Bonchev–Trinajstić information content (AvgIpc) is 2.32. The maximum Gasteiger partial charge on any atom is 0.0406 e. The Morgan fingerprint density at radius 1 is 0.875 bits per heavy atom. The molecule has 0 saturated carbocycles. The summed E-state index contributed by atoms with van der Waals surface area (Å²) in [6.07, 6.45) is 3.28. The van der Waals surface area contributed by atoms with Crippen LogP contribution in [0.25, 0.3) is 11.1 Å². The van der Waals surface area contributed by atoms with E-state index >= 15 is 0 Å². The van der Waals surface area contributed by atoms with E-state index in [1.807, 2.05) is 24.3 Å². The van der Waals surface area contributed by atoms with Crippen molar-refractivity contribution in [1.82, 2.24) is 0 Å². The maximum absolute atomic E-state index is 5.86. The third-order valence-corrected chi connectivity index (χ3v) is 2.78. The molecule has 81 valence electrons. The quantitative estimate of drug-likeness (QED) is 0.697. The maximum atomic E-state index is 5.86. The van der Waals surface area contributed by atoms with Crippen molar-refractivity contribution in [3.8, 4) is 11.1 Å². The summed E-state index contributed by atoms with van der Waals surface area (Å²) in [5, 5.41) is 0.777. The first-order valence-corrected chi connectivity index (χ1v) is 5.86. The lowest BCUT2D eigenvalue weighted by atomic mass is 10.0. The first kappa shape index (κ1) is 11.2. The molecule has 0 aliphatic rings. The molecule has 1 radical (unpaired) electrons. The molecule has 0 spiro atoms. The predicted octanol–water partition coefficient (Wildman–Crippen LogP) is 4.97. The van der Waals surface area contributed by atoms with Gasteiger partial charge in [-0.15, -0.1) is 0 Å². The van der Waals surface area contributed by atoms with Crippen molar-refractivity contribution in [3.63, 3.8) is 0 Å². The summed E-state index contributed by atoms with van der Waals surface area (Å²) in [6.45, 7) is 2.15. The summed E-state index contributed by atoms with van der Waals surface area (Å²) < 4.78 is 0. The van der Waals surface area contributed by atoms with E-state index in [0.29, 0.717) is 0 Å². The number of hydrogen-bond donors (Lipinski definition) is 0. The molecule has 0 unspecified atom stereocenters. The zero-order valence-corrected chi connectivity index (χ0v) is 10.0. The second kappa shape index (κ2) is 5.18. The number of rotatable bonds is 3. The monoisotopic (exact) mass is 229 g/mol. The fraction of sp³-hybridized carbons (Fsp3) is 0.133. The van der Waals surface area contributed by atoms with E-state index in [1.54, 1.807) is 0 Å². The Hall–Kier alpha value is -1.27. The Morgan fingerprint density at radius 3 is 1.88 bits per heavy atom. The highest BCUT2D eigenvalue weighted by atomic mass is 35.5. The highest BCUT2D eigenvalue weighted by Crippen LogP contribution is 2.22. The van der Waals surface area contributed by atoms with Crippen LogP contribution in [0.3, 0.4) is 0 Å². The smallest absolute Gasteiger partial charge is 0.0406 e. The topological polar surface area (TPSA) is 0 Å². The Bertz CT molecular complexity index is 440. The van der Waals surface area contributed by atoms with Crippen LogP contribution < -0.4 is 0 Å². The van der Waals surface area contributed by atoms with Crippen LogP contribution in [-0.2, 0) is 0 Å². The molecule has 16 heavy (non-hydrogen) atoms. The molecule has 0 bridgehead atoms. The summed E-state index contributed by atoms with van der Waals surface area (Å²) in [5.41, 5.74) is 3.71. The van der Waals surface area contributed by atoms with E-state index in [2.05, 4.69) is 37.6 Å². The van der Waals surface area contributed by atoms with E-state index < -0.39 is 0 Å². The molecule has 2 aromatic carbocycles. The van der Waals surface area contributed by atoms with Gasteiger partial charge in [-0.2, -0.15) is 0 Å². The predicted molar refractivity (Wildman–Crippen MR) is 70.6 cm³/mol. The Morgan fingerprint density at radius 2 is 1.38 bits per heavy atom. The van der Waals surface area contributed by atoms with Crippen molar-refractivity contribution in [2.45, 2.75) is 13.3 Å². The van der Waals surface area contributed by atoms with Crippen LogP contribution in [-0.4, -0.2) is 0 Å². The van der Waals surface area contributed by atoms with Gasteiger partial charge in [0.15, 0.2) is 0 Å². The minimum atomic E-state index is 0.777. The van der Waals surface area contributed by atoms with Crippen molar-refractivity contribution in [2.24, 2.45) is 0 Å². The molecule has 0 fully saturated rings. The lowest BCUT2D eigenvalue weighted by molar-refractivity contribution is 1.12. The molecular formula is C15H14Cl. The molecule has 2 rings (SSSR count). The standard InChI is InChI=1S/C15H14Cl/c1-2-3-12-4-6-13(7-5-12)14-8-10-15(16)11-9-14/h3-11H,2H2,1H3. The Kier molecular flexibility index (Phi) is 3.63. The normalized spacial score (nSPS) is 10.4. The zero-order chi connectivity index (χ0) is 11.4. The van der Waals surface area contributed by atoms with Gasteiger partial charge in [-0.25, -0.2) is 0 Å². The van der Waals surface area contributed by atoms with Crippen molar-refractivity contribution < 1.29 is 0 Å². The van der Waals surface area contributed by atoms with Gasteiger partial charge in [0.25, 0.3) is 0 Å². The second-order valence-corrected chi connectivity index (χ2v) is 4.18. The zero-order valence-electron chi connectivity index (χ0n) is 9.28. The fourth-order valence-corrected chi connectivity index (χ4v) is 1.82. The van der Waals surface area contributed by atoms with Gasteiger partial charge in [-0.05, 0) is 41.7 Å². The van der Waals surface area contributed by atoms with Crippen LogP contribution in [0.5, 0.6) is 0 Å². The average molecular weight is 230 g/mol. The minimum absolute atomic E-state index is 0.777. The molecule has 0 aliphatic heterocycles. The summed E-state index contributed by atoms with van der Waals surface area (Å²) in [4.78, 5) is 0. The largest absolute Gasteiger partial charge is 0.0843 e. The molecule has 1 heteroatoms. The Labute approximate surface area is 102 Å². The van der Waals surface area contributed by atoms with E-state index in [0.717, 1.165) is 11.4 Å². The second-order valence-electron chi connectivity index (χ2n) is 3.74. The van der Waals surface area contributed by atoms with Crippen LogP contribution in [0, 0.1) is 6.42 Å². The van der Waals surface area contributed by atoms with Gasteiger partial charge in [-0.1, -0.05) is 54.9 Å². The number of benzene rings is 2. The van der Waals surface area contributed by atoms with Gasteiger partial charge in [0.2, 0.25) is 0 Å². The van der Waals surface area contributed by atoms with E-state index in [1.165, 1.54) is 16.7 Å². The number of halogens is 1. The highest BCUT2D eigenvalue weighted by Gasteiger charge is 1.97. The third kappa shape index (κ3) is 2.65. The summed E-state index contributed by atoms with van der Waals surface area (Å²) in [6, 6.07) is 16.5. The third-order valence-electron chi connectivity index (χ3n) is 2.53. The van der Waals surface area contributed by atoms with Crippen molar-refractivity contribution in [2.75, 3.05) is 0 Å². The lowest BCUT2D eigenvalue weighted by Crippen LogP contribution is -1.81. The van der Waals surface area contributed by atoms with Crippen LogP contribution in [0.4, 0.5) is 0 Å². The summed E-state index contributed by atoms with van der Waals surface area (Å²) >= 11 is 5.86. The molecule has 2 aromatic rings. The molecule has 0 N–H and O–H groups in total. The van der Waals surface area contributed by atoms with Crippen molar-refractivity contribution in [3.05, 3.63) is 65.5 Å². The van der Waals surface area contributed by atoms with Crippen LogP contribution in [0.2, 0.25) is 5.02 Å². The molecule has 0 aromatic heterocycles. The van der Waals surface area contributed by atoms with Gasteiger partial charge in [0.1, 0.15) is 0 Å². The first-order chi connectivity index (χ1) is 7.79. The van der Waals surface area contributed by atoms with Crippen molar-refractivity contribution >= 4 is 11.6 Å². The van der Waals surface area contributed by atoms with Gasteiger partial charge in [0, 0.05) is 5.02 Å². The van der Waals surface area contributed by atoms with E-state index in [4.69, 9.17) is 11.6 Å². The molecule has 0 aliphatic carbocycles. The van der Waals surface area contributed by atoms with Gasteiger partial charge >= 0.3 is 0 Å². The summed E-state index contributed by atoms with van der Waals surface area (Å²) in [5.74, 6) is 0. The molecule has 0 nitrogen and oxygen atoms in total. The van der Waals surface area contributed by atoms with Gasteiger partial charge in [-0.3, -0.25) is 0 Å². The molecule has 0 amide bonds. The van der Waals surface area contributed by atoms with E-state index in [9.17, 15) is 0 Å². The lowest BCUT2D eigenvalue weighted by Gasteiger charge is -2.03. The van der Waals surface area contributed by atoms with Crippen LogP contribution in [0.1, 0.15) is 18.9 Å². The molecule has 0 heterocycles. The highest BCUT2D eigenvalue weighted by molar-refractivity contribution is 6.30.